The lowest BCUT2D eigenvalue weighted by molar-refractivity contribution is 0.0200. The smallest absolute Gasteiger partial charge is 0.240 e. The molecule has 1 aromatic carbocycles. The largest absolute Gasteiger partial charge is 0.383 e. The lowest BCUT2D eigenvalue weighted by atomic mass is 10.00. The summed E-state index contributed by atoms with van der Waals surface area (Å²) < 4.78 is 39.4. The highest BCUT2D eigenvalue weighted by molar-refractivity contribution is 7.89. The minimum atomic E-state index is -3.68. The van der Waals surface area contributed by atoms with Gasteiger partial charge < -0.3 is 15.0 Å². The highest BCUT2D eigenvalue weighted by atomic mass is 32.2. The van der Waals surface area contributed by atoms with Gasteiger partial charge in [-0.25, -0.2) is 18.1 Å². The second kappa shape index (κ2) is 8.78. The molecule has 8 nitrogen and oxygen atoms in total. The number of nitrogens with zero attached hydrogens (tertiary/aromatic N) is 2. The molecule has 0 unspecified atom stereocenters. The van der Waals surface area contributed by atoms with E-state index in [0.717, 1.165) is 41.6 Å². The number of hydrogen-bond donors (Lipinski definition) is 2. The van der Waals surface area contributed by atoms with Gasteiger partial charge in [0.2, 0.25) is 10.0 Å². The van der Waals surface area contributed by atoms with Gasteiger partial charge in [-0.15, -0.1) is 0 Å². The van der Waals surface area contributed by atoms with Gasteiger partial charge in [-0.05, 0) is 62.4 Å². The summed E-state index contributed by atoms with van der Waals surface area (Å²) in [6.07, 6.45) is 4.49. The number of aromatic nitrogens is 2. The average Bonchev–Trinajstić information content (AvgIpc) is 3.20. The number of rotatable bonds is 6. The van der Waals surface area contributed by atoms with Gasteiger partial charge in [0.05, 0.1) is 22.3 Å². The number of nitrogen functional groups attached to an aromatic ring is 1. The van der Waals surface area contributed by atoms with Crippen LogP contribution >= 0.6 is 0 Å². The fourth-order valence-electron chi connectivity index (χ4n) is 3.64. The molecule has 3 N–H and O–H groups in total. The molecule has 4 rings (SSSR count). The van der Waals surface area contributed by atoms with Crippen molar-refractivity contribution in [1.82, 2.24) is 14.9 Å². The molecular formula is C22H26N4O4S. The van der Waals surface area contributed by atoms with Crippen LogP contribution in [-0.2, 0) is 14.8 Å². The summed E-state index contributed by atoms with van der Waals surface area (Å²) in [7, 11) is -3.68. The molecular weight excluding hydrogens is 416 g/mol. The molecule has 31 heavy (non-hydrogen) atoms. The highest BCUT2D eigenvalue weighted by Crippen LogP contribution is 2.32. The van der Waals surface area contributed by atoms with Crippen LogP contribution in [0.3, 0.4) is 0 Å². The second-order valence-electron chi connectivity index (χ2n) is 7.81. The number of nitrogens with two attached hydrogens (primary N) is 1. The van der Waals surface area contributed by atoms with E-state index < -0.39 is 10.0 Å². The summed E-state index contributed by atoms with van der Waals surface area (Å²) in [6, 6.07) is 8.67. The third-order valence-corrected chi connectivity index (χ3v) is 6.84. The van der Waals surface area contributed by atoms with Gasteiger partial charge in [-0.3, -0.25) is 0 Å². The number of aryl methyl sites for hydroxylation is 2. The van der Waals surface area contributed by atoms with Crippen molar-refractivity contribution in [3.05, 3.63) is 47.8 Å². The Bertz CT molecular complexity index is 1180. The zero-order valence-corrected chi connectivity index (χ0v) is 18.4. The summed E-state index contributed by atoms with van der Waals surface area (Å²) in [5, 5.41) is 3.90. The summed E-state index contributed by atoms with van der Waals surface area (Å²) in [5.74, 6) is 0.829. The molecule has 1 fully saturated rings. The lowest BCUT2D eigenvalue weighted by Gasteiger charge is -2.22. The third-order valence-electron chi connectivity index (χ3n) is 5.42. The Morgan fingerprint density at radius 2 is 2.00 bits per heavy atom. The molecule has 3 heterocycles. The van der Waals surface area contributed by atoms with Crippen molar-refractivity contribution < 1.29 is 17.7 Å². The number of hydrogen-bond acceptors (Lipinski definition) is 7. The van der Waals surface area contributed by atoms with Gasteiger partial charge in [-0.2, -0.15) is 0 Å². The maximum Gasteiger partial charge on any atom is 0.240 e. The molecule has 1 aliphatic rings. The first-order valence-electron chi connectivity index (χ1n) is 10.2. The quantitative estimate of drug-likeness (QED) is 0.600. The Labute approximate surface area is 181 Å². The predicted octanol–water partition coefficient (Wildman–Crippen LogP) is 3.45. The van der Waals surface area contributed by atoms with Crippen LogP contribution in [0.1, 0.15) is 30.5 Å². The second-order valence-corrected chi connectivity index (χ2v) is 9.57. The molecule has 0 radical (unpaired) electrons. The van der Waals surface area contributed by atoms with E-state index in [1.54, 1.807) is 30.5 Å². The Morgan fingerprint density at radius 1 is 1.16 bits per heavy atom. The number of anilines is 1. The van der Waals surface area contributed by atoms with E-state index in [1.165, 1.54) is 0 Å². The van der Waals surface area contributed by atoms with E-state index in [-0.39, 0.29) is 17.5 Å². The first kappa shape index (κ1) is 21.5. The summed E-state index contributed by atoms with van der Waals surface area (Å²) in [5.41, 5.74) is 9.79. The maximum absolute atomic E-state index is 12.9. The topological polar surface area (TPSA) is 120 Å². The first-order valence-corrected chi connectivity index (χ1v) is 11.7. The van der Waals surface area contributed by atoms with Gasteiger partial charge in [-0.1, -0.05) is 11.2 Å². The minimum absolute atomic E-state index is 0.0809. The van der Waals surface area contributed by atoms with Crippen molar-refractivity contribution >= 4 is 15.8 Å². The average molecular weight is 443 g/mol. The Balaban J connectivity index is 1.63. The molecule has 164 valence electrons. The molecule has 0 spiro atoms. The van der Waals surface area contributed by atoms with Crippen molar-refractivity contribution in [2.75, 3.05) is 18.9 Å². The molecule has 3 aromatic rings. The van der Waals surface area contributed by atoms with Crippen LogP contribution in [0.5, 0.6) is 0 Å². The summed E-state index contributed by atoms with van der Waals surface area (Å²) in [6.45, 7) is 4.69. The molecule has 1 aliphatic heterocycles. The van der Waals surface area contributed by atoms with Crippen molar-refractivity contribution in [3.8, 4) is 22.5 Å². The number of pyridine rings is 1. The molecule has 1 atom stereocenters. The van der Waals surface area contributed by atoms with Gasteiger partial charge >= 0.3 is 0 Å². The van der Waals surface area contributed by atoms with Crippen LogP contribution in [0.25, 0.3) is 22.5 Å². The van der Waals surface area contributed by atoms with E-state index in [9.17, 15) is 8.42 Å². The minimum Gasteiger partial charge on any atom is -0.383 e. The van der Waals surface area contributed by atoms with Crippen LogP contribution in [0.2, 0.25) is 0 Å². The van der Waals surface area contributed by atoms with E-state index in [1.807, 2.05) is 19.9 Å². The van der Waals surface area contributed by atoms with Crippen LogP contribution in [0.4, 0.5) is 5.82 Å². The third kappa shape index (κ3) is 4.79. The number of benzene rings is 1. The van der Waals surface area contributed by atoms with Gasteiger partial charge in [0, 0.05) is 31.0 Å². The van der Waals surface area contributed by atoms with Crippen LogP contribution < -0.4 is 10.5 Å². The highest BCUT2D eigenvalue weighted by Gasteiger charge is 2.21. The Hall–Kier alpha value is -2.75. The van der Waals surface area contributed by atoms with Crippen molar-refractivity contribution in [1.29, 1.82) is 0 Å². The van der Waals surface area contributed by atoms with Gasteiger partial charge in [0.1, 0.15) is 5.82 Å². The van der Waals surface area contributed by atoms with Crippen molar-refractivity contribution in [2.24, 2.45) is 0 Å². The fourth-order valence-corrected chi connectivity index (χ4v) is 4.74. The molecule has 0 amide bonds. The van der Waals surface area contributed by atoms with E-state index >= 15 is 0 Å². The lowest BCUT2D eigenvalue weighted by Crippen LogP contribution is -2.35. The molecule has 0 bridgehead atoms. The molecule has 2 aromatic heterocycles. The van der Waals surface area contributed by atoms with Crippen molar-refractivity contribution in [3.63, 3.8) is 0 Å². The molecule has 9 heteroatoms. The SMILES string of the molecule is Cc1cc(-c2cc(-c3cc(S(=O)(=O)NC[C@H]4CCCCO4)ccc3C)cnc2N)on1. The molecule has 1 saturated heterocycles. The number of sulfonamides is 1. The predicted molar refractivity (Wildman–Crippen MR) is 118 cm³/mol. The fraction of sp³-hybridized carbons (Fsp3) is 0.364. The summed E-state index contributed by atoms with van der Waals surface area (Å²) in [4.78, 5) is 4.47. The zero-order chi connectivity index (χ0) is 22.0. The molecule has 0 saturated carbocycles. The molecule has 0 aliphatic carbocycles. The first-order chi connectivity index (χ1) is 14.8. The standard InChI is InChI=1S/C22H26N4O4S/c1-14-6-7-18(31(27,28)25-13-17-5-3-4-8-29-17)11-19(14)16-10-20(22(23)24-12-16)21-9-15(2)26-30-21/h6-7,9-12,17,25H,3-5,8,13H2,1-2H3,(H2,23,24)/t17-/m1/s1. The van der Waals surface area contributed by atoms with Crippen LogP contribution in [0.15, 0.2) is 45.9 Å². The van der Waals surface area contributed by atoms with E-state index in [2.05, 4.69) is 14.9 Å². The van der Waals surface area contributed by atoms with Gasteiger partial charge in [0.15, 0.2) is 5.76 Å². The monoisotopic (exact) mass is 442 g/mol. The Kier molecular flexibility index (Phi) is 6.08. The van der Waals surface area contributed by atoms with Crippen LogP contribution in [0, 0.1) is 13.8 Å². The summed E-state index contributed by atoms with van der Waals surface area (Å²) >= 11 is 0. The van der Waals surface area contributed by atoms with Crippen molar-refractivity contribution in [2.45, 2.75) is 44.1 Å². The number of ether oxygens (including phenoxy) is 1. The number of nitrogens with one attached hydrogen (secondary N) is 1. The van der Waals surface area contributed by atoms with Crippen LogP contribution in [-0.4, -0.2) is 37.8 Å². The normalized spacial score (nSPS) is 17.0. The Morgan fingerprint density at radius 3 is 2.71 bits per heavy atom. The maximum atomic E-state index is 12.9. The van der Waals surface area contributed by atoms with Gasteiger partial charge in [0.25, 0.3) is 0 Å². The zero-order valence-electron chi connectivity index (χ0n) is 17.6. The van der Waals surface area contributed by atoms with E-state index in [4.69, 9.17) is 15.0 Å². The van der Waals surface area contributed by atoms with E-state index in [0.29, 0.717) is 23.7 Å².